The number of nitrogens with two attached hydrogens (primary N) is 1. The number of para-hydroxylation sites is 1. The molecule has 11 heteroatoms. The molecule has 0 saturated heterocycles. The Kier molecular flexibility index (Phi) is 9.36. The van der Waals surface area contributed by atoms with E-state index in [1.807, 2.05) is 24.3 Å². The second-order valence-electron chi connectivity index (χ2n) is 8.73. The number of hydrogen-bond donors (Lipinski definition) is 7. The van der Waals surface area contributed by atoms with Crippen molar-refractivity contribution in [1.29, 1.82) is 0 Å². The van der Waals surface area contributed by atoms with Crippen molar-refractivity contribution in [2.75, 3.05) is 6.61 Å². The number of aliphatic carboxylic acids is 1. The summed E-state index contributed by atoms with van der Waals surface area (Å²) in [5.41, 5.74) is 8.53. The molecule has 0 aliphatic heterocycles. The smallest absolute Gasteiger partial charge is 0.325 e. The summed E-state index contributed by atoms with van der Waals surface area (Å²) in [6.45, 7) is 0.566. The van der Waals surface area contributed by atoms with Crippen molar-refractivity contribution in [2.45, 2.75) is 43.9 Å². The normalized spacial score (nSPS) is 14.2. The molecule has 0 spiro atoms. The summed E-state index contributed by atoms with van der Waals surface area (Å²) in [6, 6.07) is 11.7. The van der Waals surface area contributed by atoms with Crippen molar-refractivity contribution in [1.82, 2.24) is 20.9 Å². The maximum atomic E-state index is 12.9. The van der Waals surface area contributed by atoms with E-state index in [0.717, 1.165) is 22.0 Å². The maximum Gasteiger partial charge on any atom is 0.325 e. The van der Waals surface area contributed by atoms with E-state index in [1.165, 1.54) is 6.92 Å². The second-order valence-corrected chi connectivity index (χ2v) is 8.73. The van der Waals surface area contributed by atoms with Crippen molar-refractivity contribution in [3.8, 4) is 0 Å². The Morgan fingerprint density at radius 2 is 1.49 bits per heavy atom. The van der Waals surface area contributed by atoms with E-state index in [0.29, 0.717) is 0 Å². The number of nitrogens with one attached hydrogen (secondary N) is 4. The number of H-pyrrole nitrogens is 1. The Bertz CT molecular complexity index is 1240. The van der Waals surface area contributed by atoms with Gasteiger partial charge in [-0.1, -0.05) is 48.5 Å². The molecular weight excluding hydrogens is 478 g/mol. The lowest BCUT2D eigenvalue weighted by Gasteiger charge is -2.24. The highest BCUT2D eigenvalue weighted by Gasteiger charge is 2.29. The molecule has 3 rings (SSSR count). The highest BCUT2D eigenvalue weighted by atomic mass is 16.4. The van der Waals surface area contributed by atoms with Gasteiger partial charge in [0.15, 0.2) is 0 Å². The number of carbonyl (C=O) groups excluding carboxylic acids is 3. The van der Waals surface area contributed by atoms with E-state index in [4.69, 9.17) is 10.8 Å². The number of rotatable bonds is 12. The Hall–Kier alpha value is -4.22. The maximum absolute atomic E-state index is 12.9. The van der Waals surface area contributed by atoms with Crippen LogP contribution in [0.4, 0.5) is 0 Å². The molecular formula is C26H31N5O6. The number of fused-ring (bicyclic) bond motifs is 1. The van der Waals surface area contributed by atoms with Gasteiger partial charge in [-0.05, 0) is 30.5 Å². The molecule has 11 nitrogen and oxygen atoms in total. The van der Waals surface area contributed by atoms with Gasteiger partial charge in [-0.3, -0.25) is 19.2 Å². The summed E-state index contributed by atoms with van der Waals surface area (Å²) in [5.74, 6) is -3.41. The lowest BCUT2D eigenvalue weighted by Crippen LogP contribution is -2.58. The first-order valence-corrected chi connectivity index (χ1v) is 11.8. The van der Waals surface area contributed by atoms with Crippen LogP contribution in [0.5, 0.6) is 0 Å². The van der Waals surface area contributed by atoms with Crippen molar-refractivity contribution in [3.05, 3.63) is 71.9 Å². The summed E-state index contributed by atoms with van der Waals surface area (Å²) >= 11 is 0. The zero-order valence-electron chi connectivity index (χ0n) is 20.3. The first-order chi connectivity index (χ1) is 17.7. The number of carboxylic acids is 1. The van der Waals surface area contributed by atoms with E-state index >= 15 is 0 Å². The fourth-order valence-electron chi connectivity index (χ4n) is 3.81. The van der Waals surface area contributed by atoms with Gasteiger partial charge in [0, 0.05) is 23.5 Å². The minimum Gasteiger partial charge on any atom is -0.480 e. The largest absolute Gasteiger partial charge is 0.480 e. The van der Waals surface area contributed by atoms with Crippen LogP contribution < -0.4 is 21.7 Å². The summed E-state index contributed by atoms with van der Waals surface area (Å²) in [7, 11) is 0. The average Bonchev–Trinajstić information content (AvgIpc) is 3.29. The molecule has 3 aromatic rings. The van der Waals surface area contributed by atoms with Gasteiger partial charge >= 0.3 is 5.97 Å². The quantitative estimate of drug-likeness (QED) is 0.177. The molecule has 0 aliphatic carbocycles. The molecule has 1 aromatic heterocycles. The van der Waals surface area contributed by atoms with E-state index in [9.17, 15) is 24.3 Å². The summed E-state index contributed by atoms with van der Waals surface area (Å²) in [6.07, 6.45) is 2.03. The molecule has 1 heterocycles. The van der Waals surface area contributed by atoms with Crippen molar-refractivity contribution in [2.24, 2.45) is 5.73 Å². The minimum atomic E-state index is -1.37. The number of aromatic nitrogens is 1. The highest BCUT2D eigenvalue weighted by Crippen LogP contribution is 2.18. The molecule has 8 N–H and O–H groups in total. The molecule has 4 atom stereocenters. The summed E-state index contributed by atoms with van der Waals surface area (Å²) < 4.78 is 0. The van der Waals surface area contributed by atoms with Gasteiger partial charge < -0.3 is 36.9 Å². The first kappa shape index (κ1) is 27.4. The number of aliphatic hydroxyl groups is 1. The molecule has 196 valence electrons. The SMILES string of the molecule is CC(NC(=O)C(Cc1ccccc1)NC(=O)C(CO)NC(=O)C(N)Cc1c[nH]c2ccccc12)C(=O)O. The number of benzene rings is 2. The van der Waals surface area contributed by atoms with Gasteiger partial charge in [0.2, 0.25) is 17.7 Å². The predicted molar refractivity (Wildman–Crippen MR) is 136 cm³/mol. The topological polar surface area (TPSA) is 187 Å². The average molecular weight is 510 g/mol. The van der Waals surface area contributed by atoms with Crippen LogP contribution in [0, 0.1) is 0 Å². The van der Waals surface area contributed by atoms with Crippen molar-refractivity contribution in [3.63, 3.8) is 0 Å². The minimum absolute atomic E-state index is 0.0664. The molecule has 0 radical (unpaired) electrons. The standard InChI is InChI=1S/C26H31N5O6/c1-15(26(36)37)29-24(34)21(11-16-7-3-2-4-8-16)30-25(35)22(14-32)31-23(33)19(27)12-17-13-28-20-10-6-5-9-18(17)20/h2-10,13,15,19,21-22,28,32H,11-12,14,27H2,1H3,(H,29,34)(H,30,35)(H,31,33)(H,36,37). The molecule has 0 fully saturated rings. The Morgan fingerprint density at radius 3 is 2.16 bits per heavy atom. The molecule has 0 bridgehead atoms. The van der Waals surface area contributed by atoms with Crippen LogP contribution in [0.25, 0.3) is 10.9 Å². The van der Waals surface area contributed by atoms with Crippen LogP contribution in [-0.2, 0) is 32.0 Å². The molecule has 0 saturated carbocycles. The van der Waals surface area contributed by atoms with Crippen LogP contribution in [0.3, 0.4) is 0 Å². The van der Waals surface area contributed by atoms with E-state index in [-0.39, 0.29) is 12.8 Å². The van der Waals surface area contributed by atoms with E-state index in [2.05, 4.69) is 20.9 Å². The Labute approximate surface area is 213 Å². The number of carboxylic acid groups (broad SMARTS) is 1. The van der Waals surface area contributed by atoms with Crippen LogP contribution in [0.15, 0.2) is 60.8 Å². The van der Waals surface area contributed by atoms with Gasteiger partial charge in [0.25, 0.3) is 0 Å². The first-order valence-electron chi connectivity index (χ1n) is 11.8. The van der Waals surface area contributed by atoms with Crippen molar-refractivity contribution >= 4 is 34.6 Å². The zero-order chi connectivity index (χ0) is 26.9. The molecule has 2 aromatic carbocycles. The van der Waals surface area contributed by atoms with Crippen molar-refractivity contribution < 1.29 is 29.4 Å². The zero-order valence-corrected chi connectivity index (χ0v) is 20.3. The highest BCUT2D eigenvalue weighted by molar-refractivity contribution is 5.94. The number of hydrogen-bond acceptors (Lipinski definition) is 6. The van der Waals surface area contributed by atoms with Crippen LogP contribution >= 0.6 is 0 Å². The van der Waals surface area contributed by atoms with Gasteiger partial charge in [-0.15, -0.1) is 0 Å². The number of aliphatic hydroxyl groups excluding tert-OH is 1. The van der Waals surface area contributed by atoms with Gasteiger partial charge in [0.1, 0.15) is 18.1 Å². The monoisotopic (exact) mass is 509 g/mol. The molecule has 4 unspecified atom stereocenters. The Balaban J connectivity index is 1.66. The molecule has 3 amide bonds. The Morgan fingerprint density at radius 1 is 0.865 bits per heavy atom. The fourth-order valence-corrected chi connectivity index (χ4v) is 3.81. The van der Waals surface area contributed by atoms with Crippen LogP contribution in [0.2, 0.25) is 0 Å². The van der Waals surface area contributed by atoms with Gasteiger partial charge in [-0.25, -0.2) is 0 Å². The lowest BCUT2D eigenvalue weighted by atomic mass is 10.0. The summed E-state index contributed by atoms with van der Waals surface area (Å²) in [5, 5.41) is 27.1. The third-order valence-corrected chi connectivity index (χ3v) is 5.91. The second kappa shape index (κ2) is 12.7. The van der Waals surface area contributed by atoms with Gasteiger partial charge in [0.05, 0.1) is 12.6 Å². The fraction of sp³-hybridized carbons (Fsp3) is 0.308. The predicted octanol–water partition coefficient (Wildman–Crippen LogP) is -0.168. The van der Waals surface area contributed by atoms with Crippen LogP contribution in [-0.4, -0.2) is 69.7 Å². The van der Waals surface area contributed by atoms with Crippen LogP contribution in [0.1, 0.15) is 18.1 Å². The number of aromatic amines is 1. The number of carbonyl (C=O) groups is 4. The summed E-state index contributed by atoms with van der Waals surface area (Å²) in [4.78, 5) is 52.7. The lowest BCUT2D eigenvalue weighted by molar-refractivity contribution is -0.141. The van der Waals surface area contributed by atoms with E-state index < -0.39 is 54.5 Å². The molecule has 0 aliphatic rings. The third-order valence-electron chi connectivity index (χ3n) is 5.91. The van der Waals surface area contributed by atoms with E-state index in [1.54, 1.807) is 36.5 Å². The van der Waals surface area contributed by atoms with Gasteiger partial charge in [-0.2, -0.15) is 0 Å². The number of amides is 3. The molecule has 37 heavy (non-hydrogen) atoms. The third kappa shape index (κ3) is 7.38.